The smallest absolute Gasteiger partial charge is 0.0844 e. The molecule has 0 aromatic heterocycles. The molecule has 3 heterocycles. The minimum Gasteiger partial charge on any atom is -0.388 e. The van der Waals surface area contributed by atoms with Crippen molar-refractivity contribution in [2.75, 3.05) is 19.7 Å². The molecule has 4 rings (SSSR count). The number of ether oxygens (including phenoxy) is 1. The van der Waals surface area contributed by atoms with Crippen LogP contribution in [0, 0.1) is 5.92 Å². The first-order valence-corrected chi connectivity index (χ1v) is 7.82. The molecule has 0 aromatic rings. The van der Waals surface area contributed by atoms with Crippen molar-refractivity contribution in [2.24, 2.45) is 5.92 Å². The van der Waals surface area contributed by atoms with E-state index in [4.69, 9.17) is 4.74 Å². The van der Waals surface area contributed by atoms with E-state index in [1.807, 2.05) is 0 Å². The van der Waals surface area contributed by atoms with Crippen LogP contribution in [-0.4, -0.2) is 46.9 Å². The molecule has 3 saturated heterocycles. The fourth-order valence-electron chi connectivity index (χ4n) is 5.00. The van der Waals surface area contributed by atoms with Crippen molar-refractivity contribution >= 4 is 0 Å². The molecule has 3 aliphatic heterocycles. The average Bonchev–Trinajstić information content (AvgIpc) is 2.93. The van der Waals surface area contributed by atoms with E-state index >= 15 is 0 Å². The van der Waals surface area contributed by atoms with E-state index in [1.165, 1.54) is 38.6 Å². The van der Waals surface area contributed by atoms with Crippen molar-refractivity contribution in [3.63, 3.8) is 0 Å². The Bertz CT molecular complexity index is 341. The lowest BCUT2D eigenvalue weighted by atomic mass is 9.66. The molecule has 1 N–H and O–H groups in total. The predicted molar refractivity (Wildman–Crippen MR) is 69.4 cm³/mol. The van der Waals surface area contributed by atoms with Crippen LogP contribution in [0.2, 0.25) is 0 Å². The van der Waals surface area contributed by atoms with Crippen LogP contribution in [0.5, 0.6) is 0 Å². The van der Waals surface area contributed by atoms with Crippen LogP contribution in [0.3, 0.4) is 0 Å². The number of rotatable bonds is 1. The van der Waals surface area contributed by atoms with Crippen molar-refractivity contribution in [3.8, 4) is 0 Å². The minimum absolute atomic E-state index is 0.171. The van der Waals surface area contributed by atoms with Gasteiger partial charge in [-0.15, -0.1) is 0 Å². The van der Waals surface area contributed by atoms with Crippen LogP contribution in [0.4, 0.5) is 0 Å². The summed E-state index contributed by atoms with van der Waals surface area (Å²) in [6.45, 7) is 3.20. The molecule has 102 valence electrons. The molecule has 18 heavy (non-hydrogen) atoms. The highest BCUT2D eigenvalue weighted by Crippen LogP contribution is 2.51. The van der Waals surface area contributed by atoms with Crippen LogP contribution in [-0.2, 0) is 4.74 Å². The van der Waals surface area contributed by atoms with Gasteiger partial charge < -0.3 is 9.84 Å². The van der Waals surface area contributed by atoms with Gasteiger partial charge in [-0.25, -0.2) is 0 Å². The monoisotopic (exact) mass is 251 g/mol. The van der Waals surface area contributed by atoms with Crippen molar-refractivity contribution < 1.29 is 9.84 Å². The zero-order valence-electron chi connectivity index (χ0n) is 11.2. The summed E-state index contributed by atoms with van der Waals surface area (Å²) in [7, 11) is 0. The second kappa shape index (κ2) is 3.94. The molecule has 3 unspecified atom stereocenters. The average molecular weight is 251 g/mol. The van der Waals surface area contributed by atoms with E-state index in [9.17, 15) is 5.11 Å². The van der Waals surface area contributed by atoms with Gasteiger partial charge in [0.15, 0.2) is 0 Å². The van der Waals surface area contributed by atoms with E-state index in [2.05, 4.69) is 4.90 Å². The van der Waals surface area contributed by atoms with Crippen LogP contribution in [0.25, 0.3) is 0 Å². The van der Waals surface area contributed by atoms with Gasteiger partial charge in [0.05, 0.1) is 11.2 Å². The summed E-state index contributed by atoms with van der Waals surface area (Å²) in [5.41, 5.74) is -0.229. The van der Waals surface area contributed by atoms with Crippen LogP contribution in [0.1, 0.15) is 51.4 Å². The Hall–Kier alpha value is -0.120. The highest BCUT2D eigenvalue weighted by molar-refractivity contribution is 5.09. The van der Waals surface area contributed by atoms with Gasteiger partial charge >= 0.3 is 0 Å². The maximum atomic E-state index is 11.2. The number of nitrogens with zero attached hydrogens (tertiary/aromatic N) is 1. The Kier molecular flexibility index (Phi) is 2.56. The predicted octanol–water partition coefficient (Wildman–Crippen LogP) is 1.93. The summed E-state index contributed by atoms with van der Waals surface area (Å²) in [5.74, 6) is 0.486. The van der Waals surface area contributed by atoms with E-state index in [0.717, 1.165) is 32.4 Å². The largest absolute Gasteiger partial charge is 0.388 e. The first-order valence-electron chi connectivity index (χ1n) is 7.82. The molecule has 1 spiro atoms. The molecule has 0 radical (unpaired) electrons. The van der Waals surface area contributed by atoms with Crippen molar-refractivity contribution in [2.45, 2.75) is 68.6 Å². The fourth-order valence-corrected chi connectivity index (χ4v) is 5.00. The summed E-state index contributed by atoms with van der Waals surface area (Å²) < 4.78 is 6.02. The van der Waals surface area contributed by atoms with E-state index < -0.39 is 5.60 Å². The summed E-state index contributed by atoms with van der Waals surface area (Å²) >= 11 is 0. The van der Waals surface area contributed by atoms with Crippen LogP contribution >= 0.6 is 0 Å². The highest BCUT2D eigenvalue weighted by Gasteiger charge is 2.55. The zero-order chi connectivity index (χ0) is 12.2. The lowest BCUT2D eigenvalue weighted by Crippen LogP contribution is -2.55. The SMILES string of the molecule is OC1(C2CCOC3(CCC3)C2)CCN2CCCC21. The third-order valence-electron chi connectivity index (χ3n) is 6.20. The van der Waals surface area contributed by atoms with Crippen molar-refractivity contribution in [3.05, 3.63) is 0 Å². The minimum atomic E-state index is -0.400. The first kappa shape index (κ1) is 11.7. The molecule has 4 fully saturated rings. The van der Waals surface area contributed by atoms with Gasteiger partial charge in [0.2, 0.25) is 0 Å². The Morgan fingerprint density at radius 2 is 1.94 bits per heavy atom. The fraction of sp³-hybridized carbons (Fsp3) is 1.00. The van der Waals surface area contributed by atoms with Gasteiger partial charge in [0, 0.05) is 19.2 Å². The molecule has 0 amide bonds. The third kappa shape index (κ3) is 1.53. The van der Waals surface area contributed by atoms with Crippen LogP contribution in [0.15, 0.2) is 0 Å². The Morgan fingerprint density at radius 1 is 1.06 bits per heavy atom. The summed E-state index contributed by atoms with van der Waals surface area (Å²) in [6.07, 6.45) is 9.46. The lowest BCUT2D eigenvalue weighted by Gasteiger charge is -2.51. The molecule has 3 heteroatoms. The summed E-state index contributed by atoms with van der Waals surface area (Å²) in [5, 5.41) is 11.2. The van der Waals surface area contributed by atoms with Gasteiger partial charge in [-0.1, -0.05) is 0 Å². The summed E-state index contributed by atoms with van der Waals surface area (Å²) in [4.78, 5) is 2.53. The van der Waals surface area contributed by atoms with Crippen LogP contribution < -0.4 is 0 Å². The molecule has 1 saturated carbocycles. The highest BCUT2D eigenvalue weighted by atomic mass is 16.5. The number of fused-ring (bicyclic) bond motifs is 1. The van der Waals surface area contributed by atoms with Crippen molar-refractivity contribution in [1.82, 2.24) is 4.90 Å². The van der Waals surface area contributed by atoms with Gasteiger partial charge in [0.1, 0.15) is 0 Å². The van der Waals surface area contributed by atoms with Gasteiger partial charge in [-0.05, 0) is 63.8 Å². The number of hydrogen-bond donors (Lipinski definition) is 1. The molecule has 3 atom stereocenters. The first-order chi connectivity index (χ1) is 8.72. The van der Waals surface area contributed by atoms with Gasteiger partial charge in [-0.3, -0.25) is 4.90 Å². The van der Waals surface area contributed by atoms with E-state index in [-0.39, 0.29) is 5.60 Å². The molecule has 1 aliphatic carbocycles. The molecule has 4 aliphatic rings. The lowest BCUT2D eigenvalue weighted by molar-refractivity contribution is -0.178. The van der Waals surface area contributed by atoms with Gasteiger partial charge in [-0.2, -0.15) is 0 Å². The Labute approximate surface area is 109 Å². The second-order valence-electron chi connectivity index (χ2n) is 7.01. The normalized spacial score (nSPS) is 47.2. The zero-order valence-corrected chi connectivity index (χ0v) is 11.2. The molecular weight excluding hydrogens is 226 g/mol. The molecule has 0 bridgehead atoms. The number of hydrogen-bond acceptors (Lipinski definition) is 3. The topological polar surface area (TPSA) is 32.7 Å². The molecule has 0 aromatic carbocycles. The maximum Gasteiger partial charge on any atom is 0.0844 e. The standard InChI is InChI=1S/C15H25NO2/c17-15(7-9-16-8-1-3-13(15)16)12-4-10-18-14(11-12)5-2-6-14/h12-13,17H,1-11H2. The molecule has 3 nitrogen and oxygen atoms in total. The quantitative estimate of drug-likeness (QED) is 0.773. The third-order valence-corrected chi connectivity index (χ3v) is 6.20. The summed E-state index contributed by atoms with van der Waals surface area (Å²) in [6, 6.07) is 0.456. The maximum absolute atomic E-state index is 11.2. The van der Waals surface area contributed by atoms with E-state index in [0.29, 0.717) is 12.0 Å². The van der Waals surface area contributed by atoms with Crippen molar-refractivity contribution in [1.29, 1.82) is 0 Å². The number of aliphatic hydroxyl groups is 1. The Morgan fingerprint density at radius 3 is 2.72 bits per heavy atom. The Balaban J connectivity index is 1.54. The van der Waals surface area contributed by atoms with E-state index in [1.54, 1.807) is 0 Å². The second-order valence-corrected chi connectivity index (χ2v) is 7.01. The van der Waals surface area contributed by atoms with Gasteiger partial charge in [0.25, 0.3) is 0 Å². The molecular formula is C15H25NO2.